The summed E-state index contributed by atoms with van der Waals surface area (Å²) in [6, 6.07) is -1.82. The summed E-state index contributed by atoms with van der Waals surface area (Å²) in [7, 11) is 0. The van der Waals surface area contributed by atoms with E-state index < -0.39 is 72.7 Å². The SMILES string of the molecule is CC(=O)O[C@H]1[C@H](O[C@H]2O[C@H](CN=[N+]=[N-])[C@@H](OC(C)=O)CC2N=[N+]=[N-])[C@@H](C)CC(N=[N+]=[N-])[C@@H]1OC(C)=O. The number of rotatable bonds is 9. The van der Waals surface area contributed by atoms with Gasteiger partial charge in [-0.15, -0.1) is 0 Å². The molecule has 1 aliphatic heterocycles. The van der Waals surface area contributed by atoms with Crippen LogP contribution in [0, 0.1) is 5.92 Å². The molecule has 17 nitrogen and oxygen atoms in total. The van der Waals surface area contributed by atoms with Crippen LogP contribution in [0.25, 0.3) is 31.3 Å². The van der Waals surface area contributed by atoms with Gasteiger partial charge in [-0.1, -0.05) is 22.3 Å². The molecule has 2 unspecified atom stereocenters. The van der Waals surface area contributed by atoms with Gasteiger partial charge in [0.15, 0.2) is 12.4 Å². The van der Waals surface area contributed by atoms with Crippen LogP contribution >= 0.6 is 0 Å². The van der Waals surface area contributed by atoms with E-state index in [1.165, 1.54) is 6.92 Å². The lowest BCUT2D eigenvalue weighted by atomic mass is 9.80. The summed E-state index contributed by atoms with van der Waals surface area (Å²) in [5.41, 5.74) is 26.8. The second-order valence-electron chi connectivity index (χ2n) is 8.35. The van der Waals surface area contributed by atoms with Crippen molar-refractivity contribution in [2.75, 3.05) is 6.54 Å². The van der Waals surface area contributed by atoms with Gasteiger partial charge < -0.3 is 23.7 Å². The van der Waals surface area contributed by atoms with Crippen molar-refractivity contribution in [2.24, 2.45) is 21.3 Å². The third kappa shape index (κ3) is 7.63. The summed E-state index contributed by atoms with van der Waals surface area (Å²) in [5, 5.41) is 10.9. The van der Waals surface area contributed by atoms with Gasteiger partial charge in [0.05, 0.1) is 18.6 Å². The highest BCUT2D eigenvalue weighted by Gasteiger charge is 2.50. The van der Waals surface area contributed by atoms with E-state index in [-0.39, 0.29) is 19.4 Å². The van der Waals surface area contributed by atoms with E-state index in [2.05, 4.69) is 30.1 Å². The smallest absolute Gasteiger partial charge is 0.303 e. The molecule has 1 aliphatic carbocycles. The van der Waals surface area contributed by atoms with Crippen molar-refractivity contribution in [3.63, 3.8) is 0 Å². The zero-order valence-electron chi connectivity index (χ0n) is 20.1. The van der Waals surface area contributed by atoms with Gasteiger partial charge >= 0.3 is 17.9 Å². The molecule has 2 rings (SSSR count). The molecule has 36 heavy (non-hydrogen) atoms. The highest BCUT2D eigenvalue weighted by molar-refractivity contribution is 5.67. The minimum Gasteiger partial charge on any atom is -0.460 e. The topological polar surface area (TPSA) is 244 Å². The van der Waals surface area contributed by atoms with Crippen LogP contribution in [-0.2, 0) is 38.1 Å². The van der Waals surface area contributed by atoms with Gasteiger partial charge in [0.1, 0.15) is 24.4 Å². The summed E-state index contributed by atoms with van der Waals surface area (Å²) in [4.78, 5) is 43.6. The zero-order valence-corrected chi connectivity index (χ0v) is 20.1. The Morgan fingerprint density at radius 1 is 0.833 bits per heavy atom. The lowest BCUT2D eigenvalue weighted by molar-refractivity contribution is -0.278. The largest absolute Gasteiger partial charge is 0.460 e. The van der Waals surface area contributed by atoms with Crippen LogP contribution in [-0.4, -0.2) is 73.3 Å². The molecular weight excluding hydrogens is 482 g/mol. The first kappa shape index (κ1) is 28.5. The summed E-state index contributed by atoms with van der Waals surface area (Å²) >= 11 is 0. The van der Waals surface area contributed by atoms with Crippen LogP contribution in [0.15, 0.2) is 15.3 Å². The van der Waals surface area contributed by atoms with Crippen molar-refractivity contribution in [2.45, 2.75) is 89.4 Å². The second kappa shape index (κ2) is 13.4. The quantitative estimate of drug-likeness (QED) is 0.146. The summed E-state index contributed by atoms with van der Waals surface area (Å²) in [5.74, 6) is -2.42. The first-order valence-electron chi connectivity index (χ1n) is 11.0. The number of carbonyl (C=O) groups is 3. The van der Waals surface area contributed by atoms with Crippen LogP contribution in [0.1, 0.15) is 40.5 Å². The van der Waals surface area contributed by atoms with Gasteiger partial charge in [-0.25, -0.2) is 0 Å². The van der Waals surface area contributed by atoms with Crippen LogP contribution in [0.2, 0.25) is 0 Å². The number of azide groups is 3. The Labute approximate surface area is 205 Å². The molecule has 2 fully saturated rings. The standard InChI is InChI=1S/C19H27N9O8/c1-8-5-12(24-27-21)17(33-10(3)30)18(34-11(4)31)16(8)36-19-13(25-28-22)6-14(32-9(2)29)15(35-19)7-23-26-20/h8,12-19H,5-7H2,1-4H3/t8-,12?,13?,14-,15+,16+,17-,18-,19+/m0/s1. The summed E-state index contributed by atoms with van der Waals surface area (Å²) < 4.78 is 28.1. The molecule has 1 heterocycles. The first-order chi connectivity index (χ1) is 17.1. The van der Waals surface area contributed by atoms with Gasteiger partial charge in [0, 0.05) is 41.9 Å². The van der Waals surface area contributed by atoms with Crippen LogP contribution in [0.5, 0.6) is 0 Å². The molecule has 0 N–H and O–H groups in total. The lowest BCUT2D eigenvalue weighted by Gasteiger charge is -2.46. The maximum Gasteiger partial charge on any atom is 0.303 e. The monoisotopic (exact) mass is 509 g/mol. The lowest BCUT2D eigenvalue weighted by Crippen LogP contribution is -2.59. The van der Waals surface area contributed by atoms with E-state index in [4.69, 9.17) is 40.3 Å². The van der Waals surface area contributed by atoms with Crippen molar-refractivity contribution < 1.29 is 38.1 Å². The van der Waals surface area contributed by atoms with E-state index >= 15 is 0 Å². The highest BCUT2D eigenvalue weighted by Crippen LogP contribution is 2.37. The molecule has 17 heteroatoms. The molecule has 9 atom stereocenters. The molecule has 0 aromatic rings. The molecule has 0 aromatic carbocycles. The summed E-state index contributed by atoms with van der Waals surface area (Å²) in [6.45, 7) is 5.04. The Balaban J connectivity index is 2.42. The van der Waals surface area contributed by atoms with Gasteiger partial charge in [-0.3, -0.25) is 14.4 Å². The van der Waals surface area contributed by atoms with E-state index in [0.29, 0.717) is 0 Å². The Bertz CT molecular complexity index is 976. The molecule has 0 radical (unpaired) electrons. The molecule has 196 valence electrons. The van der Waals surface area contributed by atoms with Crippen molar-refractivity contribution in [1.82, 2.24) is 0 Å². The van der Waals surface area contributed by atoms with E-state index in [9.17, 15) is 14.4 Å². The minimum absolute atomic E-state index is 0.00597. The molecule has 1 saturated heterocycles. The molecule has 0 spiro atoms. The number of carbonyl (C=O) groups excluding carboxylic acids is 3. The van der Waals surface area contributed by atoms with Crippen molar-refractivity contribution in [3.8, 4) is 0 Å². The van der Waals surface area contributed by atoms with E-state index in [1.54, 1.807) is 6.92 Å². The normalized spacial score (nSPS) is 33.5. The molecule has 1 saturated carbocycles. The van der Waals surface area contributed by atoms with Crippen molar-refractivity contribution in [1.29, 1.82) is 0 Å². The van der Waals surface area contributed by atoms with Crippen LogP contribution < -0.4 is 0 Å². The Hall–Kier alpha value is -3.74. The maximum absolute atomic E-state index is 11.9. The fraction of sp³-hybridized carbons (Fsp3) is 0.842. The van der Waals surface area contributed by atoms with E-state index in [1.807, 2.05) is 0 Å². The average Bonchev–Trinajstić information content (AvgIpc) is 2.78. The Morgan fingerprint density at radius 2 is 1.42 bits per heavy atom. The zero-order chi connectivity index (χ0) is 26.8. The second-order valence-corrected chi connectivity index (χ2v) is 8.35. The van der Waals surface area contributed by atoms with E-state index in [0.717, 1.165) is 13.8 Å². The fourth-order valence-corrected chi connectivity index (χ4v) is 4.34. The highest BCUT2D eigenvalue weighted by atomic mass is 16.7. The van der Waals surface area contributed by atoms with Gasteiger partial charge in [0.2, 0.25) is 0 Å². The minimum atomic E-state index is -1.23. The molecule has 0 bridgehead atoms. The van der Waals surface area contributed by atoms with Crippen LogP contribution in [0.3, 0.4) is 0 Å². The predicted molar refractivity (Wildman–Crippen MR) is 118 cm³/mol. The number of hydrogen-bond acceptors (Lipinski definition) is 11. The Morgan fingerprint density at radius 3 is 1.97 bits per heavy atom. The Kier molecular flexibility index (Phi) is 10.6. The maximum atomic E-state index is 11.9. The van der Waals surface area contributed by atoms with Gasteiger partial charge in [-0.2, -0.15) is 0 Å². The number of esters is 3. The molecule has 0 aromatic heterocycles. The number of hydrogen-bond donors (Lipinski definition) is 0. The molecule has 0 amide bonds. The number of ether oxygens (including phenoxy) is 5. The first-order valence-corrected chi connectivity index (χ1v) is 11.0. The third-order valence-corrected chi connectivity index (χ3v) is 5.65. The number of nitrogens with zero attached hydrogens (tertiary/aromatic N) is 9. The third-order valence-electron chi connectivity index (χ3n) is 5.65. The molecule has 2 aliphatic rings. The molecular formula is C19H27N9O8. The van der Waals surface area contributed by atoms with Gasteiger partial charge in [-0.05, 0) is 28.9 Å². The predicted octanol–water partition coefficient (Wildman–Crippen LogP) is 2.99. The van der Waals surface area contributed by atoms with Crippen molar-refractivity contribution >= 4 is 17.9 Å². The van der Waals surface area contributed by atoms with Crippen molar-refractivity contribution in [3.05, 3.63) is 31.3 Å². The summed E-state index contributed by atoms with van der Waals surface area (Å²) in [6.07, 6.45) is -6.14. The average molecular weight is 509 g/mol. The van der Waals surface area contributed by atoms with Crippen LogP contribution in [0.4, 0.5) is 0 Å². The van der Waals surface area contributed by atoms with Gasteiger partial charge in [0.25, 0.3) is 0 Å². The fourth-order valence-electron chi connectivity index (χ4n) is 4.34.